The molecule has 0 saturated carbocycles. The number of rotatable bonds is 3. The summed E-state index contributed by atoms with van der Waals surface area (Å²) in [4.78, 5) is 37.1. The van der Waals surface area contributed by atoms with Crippen LogP contribution in [0.2, 0.25) is 0 Å². The molecule has 2 rings (SSSR count). The number of carbonyl (C=O) groups is 3. The summed E-state index contributed by atoms with van der Waals surface area (Å²) >= 11 is 0. The monoisotopic (exact) mass is 317 g/mol. The molecule has 1 fully saturated rings. The van der Waals surface area contributed by atoms with Crippen molar-refractivity contribution in [1.29, 1.82) is 0 Å². The molecule has 124 valence electrons. The van der Waals surface area contributed by atoms with Crippen molar-refractivity contribution in [1.82, 2.24) is 4.90 Å². The standard InChI is InChI=1S/C17H23N3O3/c1-11(21)18-13-5-7-14(8-6-13)19-16(23)12-9-15(22)20(10-12)17(2,3)4/h5-8,12H,9-10H2,1-4H3,(H,18,21)(H,19,23). The Morgan fingerprint density at radius 1 is 1.09 bits per heavy atom. The molecule has 1 saturated heterocycles. The minimum atomic E-state index is -0.336. The average Bonchev–Trinajstić information content (AvgIpc) is 2.82. The van der Waals surface area contributed by atoms with E-state index in [9.17, 15) is 14.4 Å². The van der Waals surface area contributed by atoms with Gasteiger partial charge in [0.25, 0.3) is 0 Å². The van der Waals surface area contributed by atoms with Gasteiger partial charge < -0.3 is 15.5 Å². The van der Waals surface area contributed by atoms with Crippen molar-refractivity contribution in [2.24, 2.45) is 5.92 Å². The van der Waals surface area contributed by atoms with E-state index < -0.39 is 0 Å². The molecule has 1 aliphatic heterocycles. The van der Waals surface area contributed by atoms with Gasteiger partial charge in [-0.15, -0.1) is 0 Å². The first kappa shape index (κ1) is 17.0. The fourth-order valence-corrected chi connectivity index (χ4v) is 2.62. The average molecular weight is 317 g/mol. The summed E-state index contributed by atoms with van der Waals surface area (Å²) in [6, 6.07) is 6.89. The van der Waals surface area contributed by atoms with Crippen LogP contribution in [0.15, 0.2) is 24.3 Å². The van der Waals surface area contributed by atoms with E-state index in [4.69, 9.17) is 0 Å². The Balaban J connectivity index is 1.97. The zero-order chi connectivity index (χ0) is 17.2. The van der Waals surface area contributed by atoms with Gasteiger partial charge in [0.05, 0.1) is 5.92 Å². The first-order valence-corrected chi connectivity index (χ1v) is 7.66. The van der Waals surface area contributed by atoms with Crippen LogP contribution in [0.4, 0.5) is 11.4 Å². The second kappa shape index (κ2) is 6.40. The van der Waals surface area contributed by atoms with Crippen LogP contribution in [0.3, 0.4) is 0 Å². The van der Waals surface area contributed by atoms with E-state index in [1.165, 1.54) is 6.92 Å². The minimum absolute atomic E-state index is 0.0126. The molecule has 23 heavy (non-hydrogen) atoms. The lowest BCUT2D eigenvalue weighted by molar-refractivity contribution is -0.131. The van der Waals surface area contributed by atoms with Crippen molar-refractivity contribution < 1.29 is 14.4 Å². The molecule has 1 heterocycles. The van der Waals surface area contributed by atoms with E-state index in [1.807, 2.05) is 20.8 Å². The van der Waals surface area contributed by atoms with E-state index in [0.29, 0.717) is 17.9 Å². The summed E-state index contributed by atoms with van der Waals surface area (Å²) in [6.45, 7) is 7.77. The molecule has 2 N–H and O–H groups in total. The Bertz CT molecular complexity index is 617. The second-order valence-electron chi connectivity index (χ2n) is 6.82. The molecule has 0 radical (unpaired) electrons. The first-order valence-electron chi connectivity index (χ1n) is 7.66. The Morgan fingerprint density at radius 3 is 2.04 bits per heavy atom. The van der Waals surface area contributed by atoms with Gasteiger partial charge in [-0.3, -0.25) is 14.4 Å². The minimum Gasteiger partial charge on any atom is -0.337 e. The van der Waals surface area contributed by atoms with E-state index >= 15 is 0 Å². The Labute approximate surface area is 136 Å². The third-order valence-corrected chi connectivity index (χ3v) is 3.78. The number of nitrogens with one attached hydrogen (secondary N) is 2. The third kappa shape index (κ3) is 4.31. The molecule has 0 bridgehead atoms. The van der Waals surface area contributed by atoms with E-state index in [-0.39, 0.29) is 35.6 Å². The highest BCUT2D eigenvalue weighted by atomic mass is 16.2. The molecule has 1 aliphatic rings. The predicted octanol–water partition coefficient (Wildman–Crippen LogP) is 2.23. The van der Waals surface area contributed by atoms with Gasteiger partial charge in [0.15, 0.2) is 0 Å². The molecule has 6 nitrogen and oxygen atoms in total. The van der Waals surface area contributed by atoms with Crippen LogP contribution in [0.5, 0.6) is 0 Å². The van der Waals surface area contributed by atoms with E-state index in [2.05, 4.69) is 10.6 Å². The zero-order valence-electron chi connectivity index (χ0n) is 14.0. The lowest BCUT2D eigenvalue weighted by atomic mass is 10.1. The predicted molar refractivity (Wildman–Crippen MR) is 88.9 cm³/mol. The van der Waals surface area contributed by atoms with Crippen molar-refractivity contribution in [3.63, 3.8) is 0 Å². The highest BCUT2D eigenvalue weighted by Gasteiger charge is 2.39. The second-order valence-corrected chi connectivity index (χ2v) is 6.82. The van der Waals surface area contributed by atoms with Gasteiger partial charge in [-0.1, -0.05) is 0 Å². The number of nitrogens with zero attached hydrogens (tertiary/aromatic N) is 1. The molecule has 1 atom stereocenters. The fraction of sp³-hybridized carbons (Fsp3) is 0.471. The number of likely N-dealkylation sites (tertiary alicyclic amines) is 1. The van der Waals surface area contributed by atoms with Crippen LogP contribution in [0.1, 0.15) is 34.1 Å². The molecule has 0 aromatic heterocycles. The van der Waals surface area contributed by atoms with Gasteiger partial charge in [0.1, 0.15) is 0 Å². The SMILES string of the molecule is CC(=O)Nc1ccc(NC(=O)C2CC(=O)N(C(C)(C)C)C2)cc1. The molecular weight excluding hydrogens is 294 g/mol. The maximum absolute atomic E-state index is 12.3. The van der Waals surface area contributed by atoms with Crippen LogP contribution in [0, 0.1) is 5.92 Å². The number of benzene rings is 1. The maximum Gasteiger partial charge on any atom is 0.229 e. The van der Waals surface area contributed by atoms with Crippen LogP contribution in [0.25, 0.3) is 0 Å². The van der Waals surface area contributed by atoms with Gasteiger partial charge in [-0.05, 0) is 45.0 Å². The topological polar surface area (TPSA) is 78.5 Å². The van der Waals surface area contributed by atoms with Crippen molar-refractivity contribution >= 4 is 29.1 Å². The lowest BCUT2D eigenvalue weighted by Crippen LogP contribution is -2.42. The van der Waals surface area contributed by atoms with Crippen LogP contribution < -0.4 is 10.6 Å². The van der Waals surface area contributed by atoms with Crippen molar-refractivity contribution in [2.75, 3.05) is 17.2 Å². The van der Waals surface area contributed by atoms with Crippen molar-refractivity contribution in [3.05, 3.63) is 24.3 Å². The van der Waals surface area contributed by atoms with Crippen LogP contribution in [-0.2, 0) is 14.4 Å². The number of anilines is 2. The quantitative estimate of drug-likeness (QED) is 0.897. The van der Waals surface area contributed by atoms with Crippen LogP contribution >= 0.6 is 0 Å². The van der Waals surface area contributed by atoms with Gasteiger partial charge in [0, 0.05) is 36.8 Å². The first-order chi connectivity index (χ1) is 10.7. The molecular formula is C17H23N3O3. The molecule has 0 spiro atoms. The maximum atomic E-state index is 12.3. The van der Waals surface area contributed by atoms with Gasteiger partial charge >= 0.3 is 0 Å². The Kier molecular flexibility index (Phi) is 4.73. The van der Waals surface area contributed by atoms with Gasteiger partial charge in [0.2, 0.25) is 17.7 Å². The summed E-state index contributed by atoms with van der Waals surface area (Å²) in [5.41, 5.74) is 1.04. The third-order valence-electron chi connectivity index (χ3n) is 3.78. The summed E-state index contributed by atoms with van der Waals surface area (Å²) in [5, 5.41) is 5.49. The molecule has 1 unspecified atom stereocenters. The van der Waals surface area contributed by atoms with Gasteiger partial charge in [-0.2, -0.15) is 0 Å². The number of hydrogen-bond donors (Lipinski definition) is 2. The largest absolute Gasteiger partial charge is 0.337 e. The molecule has 0 aliphatic carbocycles. The highest BCUT2D eigenvalue weighted by Crippen LogP contribution is 2.26. The summed E-state index contributed by atoms with van der Waals surface area (Å²) in [5.74, 6) is -0.624. The lowest BCUT2D eigenvalue weighted by Gasteiger charge is -2.31. The normalized spacial score (nSPS) is 18.0. The van der Waals surface area contributed by atoms with E-state index in [0.717, 1.165) is 0 Å². The summed E-state index contributed by atoms with van der Waals surface area (Å²) in [6.07, 6.45) is 0.243. The number of hydrogen-bond acceptors (Lipinski definition) is 3. The van der Waals surface area contributed by atoms with E-state index in [1.54, 1.807) is 29.2 Å². The van der Waals surface area contributed by atoms with Gasteiger partial charge in [-0.25, -0.2) is 0 Å². The van der Waals surface area contributed by atoms with Crippen LogP contribution in [-0.4, -0.2) is 34.7 Å². The molecule has 6 heteroatoms. The Hall–Kier alpha value is -2.37. The van der Waals surface area contributed by atoms with Crippen molar-refractivity contribution in [2.45, 2.75) is 39.7 Å². The fourth-order valence-electron chi connectivity index (χ4n) is 2.62. The van der Waals surface area contributed by atoms with Crippen molar-refractivity contribution in [3.8, 4) is 0 Å². The molecule has 1 aromatic carbocycles. The molecule has 1 aromatic rings. The number of carbonyl (C=O) groups excluding carboxylic acids is 3. The zero-order valence-corrected chi connectivity index (χ0v) is 14.0. The summed E-state index contributed by atoms with van der Waals surface area (Å²) < 4.78 is 0. The molecule has 3 amide bonds. The number of amides is 3. The Morgan fingerprint density at radius 2 is 1.61 bits per heavy atom. The summed E-state index contributed by atoms with van der Waals surface area (Å²) in [7, 11) is 0. The highest BCUT2D eigenvalue weighted by molar-refractivity contribution is 5.97. The smallest absolute Gasteiger partial charge is 0.229 e.